The van der Waals surface area contributed by atoms with Crippen LogP contribution in [0.4, 0.5) is 0 Å². The van der Waals surface area contributed by atoms with Crippen LogP contribution in [0.5, 0.6) is 0 Å². The molecule has 1 N–H and O–H groups in total. The van der Waals surface area contributed by atoms with Crippen molar-refractivity contribution in [3.63, 3.8) is 0 Å². The lowest BCUT2D eigenvalue weighted by Gasteiger charge is -2.14. The van der Waals surface area contributed by atoms with Crippen molar-refractivity contribution in [1.29, 1.82) is 0 Å². The SMILES string of the molecule is CCCNC1CCc2cc(C(C)C)ccc21. The minimum atomic E-state index is 0.608. The van der Waals surface area contributed by atoms with E-state index in [9.17, 15) is 0 Å². The van der Waals surface area contributed by atoms with Gasteiger partial charge in [-0.05, 0) is 48.4 Å². The first kappa shape index (κ1) is 11.7. The Kier molecular flexibility index (Phi) is 3.65. The second kappa shape index (κ2) is 5.01. The molecule has 0 fully saturated rings. The maximum absolute atomic E-state index is 3.64. The van der Waals surface area contributed by atoms with Crippen molar-refractivity contribution in [3.8, 4) is 0 Å². The van der Waals surface area contributed by atoms with E-state index >= 15 is 0 Å². The van der Waals surface area contributed by atoms with Crippen molar-refractivity contribution in [2.45, 2.75) is 52.0 Å². The summed E-state index contributed by atoms with van der Waals surface area (Å²) >= 11 is 0. The van der Waals surface area contributed by atoms with Gasteiger partial charge in [-0.15, -0.1) is 0 Å². The third-order valence-corrected chi connectivity index (χ3v) is 3.55. The predicted octanol–water partition coefficient (Wildman–Crippen LogP) is 3.80. The summed E-state index contributed by atoms with van der Waals surface area (Å²) < 4.78 is 0. The minimum Gasteiger partial charge on any atom is -0.310 e. The maximum Gasteiger partial charge on any atom is 0.0326 e. The molecule has 1 aliphatic carbocycles. The first-order valence-electron chi connectivity index (χ1n) is 6.58. The molecule has 0 aliphatic heterocycles. The Morgan fingerprint density at radius 2 is 2.19 bits per heavy atom. The average Bonchev–Trinajstić information content (AvgIpc) is 2.68. The summed E-state index contributed by atoms with van der Waals surface area (Å²) in [6.07, 6.45) is 3.74. The molecule has 0 radical (unpaired) electrons. The quantitative estimate of drug-likeness (QED) is 0.809. The van der Waals surface area contributed by atoms with Crippen LogP contribution in [0.1, 0.15) is 62.3 Å². The first-order chi connectivity index (χ1) is 7.72. The molecule has 1 heteroatoms. The van der Waals surface area contributed by atoms with E-state index in [2.05, 4.69) is 44.3 Å². The molecule has 1 unspecified atom stereocenters. The smallest absolute Gasteiger partial charge is 0.0326 e. The number of aryl methyl sites for hydroxylation is 1. The zero-order chi connectivity index (χ0) is 11.5. The largest absolute Gasteiger partial charge is 0.310 e. The molecule has 1 aromatic rings. The second-order valence-corrected chi connectivity index (χ2v) is 5.16. The summed E-state index contributed by atoms with van der Waals surface area (Å²) in [4.78, 5) is 0. The average molecular weight is 217 g/mol. The number of hydrogen-bond donors (Lipinski definition) is 1. The molecule has 88 valence electrons. The van der Waals surface area contributed by atoms with Crippen molar-refractivity contribution in [2.24, 2.45) is 0 Å². The third-order valence-electron chi connectivity index (χ3n) is 3.55. The lowest BCUT2D eigenvalue weighted by molar-refractivity contribution is 0.529. The Bertz CT molecular complexity index is 354. The van der Waals surface area contributed by atoms with Gasteiger partial charge in [-0.25, -0.2) is 0 Å². The lowest BCUT2D eigenvalue weighted by atomic mass is 9.98. The van der Waals surface area contributed by atoms with Gasteiger partial charge < -0.3 is 5.32 Å². The zero-order valence-electron chi connectivity index (χ0n) is 10.7. The predicted molar refractivity (Wildman–Crippen MR) is 69.9 cm³/mol. The van der Waals surface area contributed by atoms with Crippen molar-refractivity contribution >= 4 is 0 Å². The molecule has 1 atom stereocenters. The Morgan fingerprint density at radius 3 is 2.88 bits per heavy atom. The molecule has 0 bridgehead atoms. The molecule has 1 aromatic carbocycles. The molecular formula is C15H23N. The van der Waals surface area contributed by atoms with Gasteiger partial charge in [0.25, 0.3) is 0 Å². The van der Waals surface area contributed by atoms with E-state index in [1.807, 2.05) is 0 Å². The van der Waals surface area contributed by atoms with Gasteiger partial charge in [0.2, 0.25) is 0 Å². The van der Waals surface area contributed by atoms with Gasteiger partial charge in [-0.1, -0.05) is 39.0 Å². The summed E-state index contributed by atoms with van der Waals surface area (Å²) in [5.74, 6) is 0.646. The van der Waals surface area contributed by atoms with Crippen LogP contribution < -0.4 is 5.32 Å². The van der Waals surface area contributed by atoms with E-state index < -0.39 is 0 Å². The van der Waals surface area contributed by atoms with E-state index in [4.69, 9.17) is 0 Å². The third kappa shape index (κ3) is 2.30. The summed E-state index contributed by atoms with van der Waals surface area (Å²) in [6.45, 7) is 7.90. The lowest BCUT2D eigenvalue weighted by Crippen LogP contribution is -2.19. The van der Waals surface area contributed by atoms with E-state index in [1.165, 1.54) is 30.4 Å². The fourth-order valence-electron chi connectivity index (χ4n) is 2.53. The van der Waals surface area contributed by atoms with E-state index in [1.54, 1.807) is 5.56 Å². The molecule has 0 heterocycles. The molecular weight excluding hydrogens is 194 g/mol. The minimum absolute atomic E-state index is 0.608. The highest BCUT2D eigenvalue weighted by Gasteiger charge is 2.21. The molecule has 1 nitrogen and oxygen atoms in total. The van der Waals surface area contributed by atoms with Crippen molar-refractivity contribution in [3.05, 3.63) is 34.9 Å². The Hall–Kier alpha value is -0.820. The zero-order valence-corrected chi connectivity index (χ0v) is 10.7. The summed E-state index contributed by atoms with van der Waals surface area (Å²) in [5, 5.41) is 3.64. The van der Waals surface area contributed by atoms with Gasteiger partial charge in [0.15, 0.2) is 0 Å². The molecule has 16 heavy (non-hydrogen) atoms. The molecule has 0 aromatic heterocycles. The Morgan fingerprint density at radius 1 is 1.38 bits per heavy atom. The van der Waals surface area contributed by atoms with Crippen LogP contribution in [0.15, 0.2) is 18.2 Å². The van der Waals surface area contributed by atoms with E-state index in [-0.39, 0.29) is 0 Å². The Labute approximate surface area is 99.3 Å². The normalized spacial score (nSPS) is 19.1. The van der Waals surface area contributed by atoms with E-state index in [0.29, 0.717) is 12.0 Å². The van der Waals surface area contributed by atoms with Crippen LogP contribution in [0.2, 0.25) is 0 Å². The van der Waals surface area contributed by atoms with Crippen molar-refractivity contribution < 1.29 is 0 Å². The van der Waals surface area contributed by atoms with Crippen molar-refractivity contribution in [2.75, 3.05) is 6.54 Å². The molecule has 0 spiro atoms. The summed E-state index contributed by atoms with van der Waals surface area (Å²) in [5.41, 5.74) is 4.59. The number of fused-ring (bicyclic) bond motifs is 1. The van der Waals surface area contributed by atoms with Gasteiger partial charge in [0.1, 0.15) is 0 Å². The highest BCUT2D eigenvalue weighted by molar-refractivity contribution is 5.38. The van der Waals surface area contributed by atoms with Gasteiger partial charge >= 0.3 is 0 Å². The second-order valence-electron chi connectivity index (χ2n) is 5.16. The fraction of sp³-hybridized carbons (Fsp3) is 0.600. The number of rotatable bonds is 4. The van der Waals surface area contributed by atoms with Gasteiger partial charge in [-0.3, -0.25) is 0 Å². The number of benzene rings is 1. The van der Waals surface area contributed by atoms with Crippen LogP contribution in [-0.4, -0.2) is 6.54 Å². The van der Waals surface area contributed by atoms with E-state index in [0.717, 1.165) is 6.54 Å². The standard InChI is InChI=1S/C15H23N/c1-4-9-16-15-8-6-13-10-12(11(2)3)5-7-14(13)15/h5,7,10-11,15-16H,4,6,8-9H2,1-3H3. The fourth-order valence-corrected chi connectivity index (χ4v) is 2.53. The topological polar surface area (TPSA) is 12.0 Å². The highest BCUT2D eigenvalue weighted by atomic mass is 14.9. The summed E-state index contributed by atoms with van der Waals surface area (Å²) in [6, 6.07) is 7.66. The Balaban J connectivity index is 2.15. The van der Waals surface area contributed by atoms with Gasteiger partial charge in [-0.2, -0.15) is 0 Å². The number of hydrogen-bond acceptors (Lipinski definition) is 1. The monoisotopic (exact) mass is 217 g/mol. The molecule has 0 amide bonds. The van der Waals surface area contributed by atoms with Crippen molar-refractivity contribution in [1.82, 2.24) is 5.32 Å². The number of nitrogens with one attached hydrogen (secondary N) is 1. The first-order valence-corrected chi connectivity index (χ1v) is 6.58. The summed E-state index contributed by atoms with van der Waals surface area (Å²) in [7, 11) is 0. The molecule has 2 rings (SSSR count). The van der Waals surface area contributed by atoms with Crippen LogP contribution in [0.3, 0.4) is 0 Å². The van der Waals surface area contributed by atoms with Crippen LogP contribution in [-0.2, 0) is 6.42 Å². The van der Waals surface area contributed by atoms with Crippen LogP contribution in [0, 0.1) is 0 Å². The molecule has 1 aliphatic rings. The van der Waals surface area contributed by atoms with Gasteiger partial charge in [0.05, 0.1) is 0 Å². The molecule has 0 saturated carbocycles. The van der Waals surface area contributed by atoms with Gasteiger partial charge in [0, 0.05) is 6.04 Å². The van der Waals surface area contributed by atoms with Crippen LogP contribution in [0.25, 0.3) is 0 Å². The molecule has 0 saturated heterocycles. The highest BCUT2D eigenvalue weighted by Crippen LogP contribution is 2.33. The van der Waals surface area contributed by atoms with Crippen LogP contribution >= 0.6 is 0 Å². The maximum atomic E-state index is 3.64.